The van der Waals surface area contributed by atoms with Gasteiger partial charge in [-0.1, -0.05) is 46.3 Å². The fourth-order valence-electron chi connectivity index (χ4n) is 3.25. The molecule has 0 heterocycles. The molecule has 3 rings (SSSR count). The van der Waals surface area contributed by atoms with Gasteiger partial charge in [0, 0.05) is 16.6 Å². The second kappa shape index (κ2) is 12.5. The van der Waals surface area contributed by atoms with E-state index in [9.17, 15) is 13.2 Å². The van der Waals surface area contributed by atoms with Crippen LogP contribution in [0.1, 0.15) is 11.1 Å². The molecule has 0 saturated heterocycles. The van der Waals surface area contributed by atoms with Crippen LogP contribution in [0.4, 0.5) is 0 Å². The van der Waals surface area contributed by atoms with Gasteiger partial charge in [-0.2, -0.15) is 9.41 Å². The van der Waals surface area contributed by atoms with Crippen LogP contribution in [0, 0.1) is 0 Å². The van der Waals surface area contributed by atoms with E-state index in [4.69, 9.17) is 9.47 Å². The van der Waals surface area contributed by atoms with Crippen LogP contribution in [0.15, 0.2) is 87.3 Å². The number of nitrogens with zero attached hydrogens (tertiary/aromatic N) is 2. The number of hydrogen-bond acceptors (Lipinski definition) is 6. The summed E-state index contributed by atoms with van der Waals surface area (Å²) in [6.07, 6.45) is 1.88. The topological polar surface area (TPSA) is 97.3 Å². The van der Waals surface area contributed by atoms with E-state index in [2.05, 4.69) is 26.5 Å². The standard InChI is InChI=1S/C25H26BrN3O5S/c1-33-22-9-11-23(12-10-22)35(31,32)29(15-14-19-6-4-3-5-7-19)18-25(30)28-27-17-20-16-21(26)8-13-24(20)34-2/h3-13,16-17H,14-15,18H2,1-2H3,(H,28,30)/b27-17-. The molecule has 0 aliphatic carbocycles. The van der Waals surface area contributed by atoms with Gasteiger partial charge < -0.3 is 9.47 Å². The van der Waals surface area contributed by atoms with Crippen molar-refractivity contribution in [2.45, 2.75) is 11.3 Å². The third kappa shape index (κ3) is 7.38. The van der Waals surface area contributed by atoms with Crippen molar-refractivity contribution in [2.24, 2.45) is 5.10 Å². The number of ether oxygens (including phenoxy) is 2. The van der Waals surface area contributed by atoms with Crippen molar-refractivity contribution < 1.29 is 22.7 Å². The number of carbonyl (C=O) groups excluding carboxylic acids is 1. The van der Waals surface area contributed by atoms with Crippen LogP contribution in [-0.4, -0.2) is 52.2 Å². The Morgan fingerprint density at radius 1 is 1.03 bits per heavy atom. The van der Waals surface area contributed by atoms with E-state index < -0.39 is 22.5 Å². The largest absolute Gasteiger partial charge is 0.497 e. The van der Waals surface area contributed by atoms with Crippen molar-refractivity contribution in [3.05, 3.63) is 88.4 Å². The highest BCUT2D eigenvalue weighted by molar-refractivity contribution is 9.10. The van der Waals surface area contributed by atoms with Gasteiger partial charge in [0.1, 0.15) is 11.5 Å². The Morgan fingerprint density at radius 3 is 2.40 bits per heavy atom. The maximum absolute atomic E-state index is 13.3. The second-order valence-corrected chi connectivity index (χ2v) is 10.3. The van der Waals surface area contributed by atoms with Crippen LogP contribution >= 0.6 is 15.9 Å². The summed E-state index contributed by atoms with van der Waals surface area (Å²) >= 11 is 3.38. The van der Waals surface area contributed by atoms with Crippen molar-refractivity contribution in [1.29, 1.82) is 0 Å². The van der Waals surface area contributed by atoms with Crippen molar-refractivity contribution in [2.75, 3.05) is 27.3 Å². The highest BCUT2D eigenvalue weighted by atomic mass is 79.9. The Labute approximate surface area is 213 Å². The zero-order chi connectivity index (χ0) is 25.3. The van der Waals surface area contributed by atoms with Crippen molar-refractivity contribution >= 4 is 38.1 Å². The van der Waals surface area contributed by atoms with Gasteiger partial charge in [0.15, 0.2) is 0 Å². The van der Waals surface area contributed by atoms with Gasteiger partial charge in [-0.25, -0.2) is 13.8 Å². The van der Waals surface area contributed by atoms with Gasteiger partial charge in [-0.15, -0.1) is 0 Å². The minimum absolute atomic E-state index is 0.0709. The Morgan fingerprint density at radius 2 is 1.74 bits per heavy atom. The first-order valence-electron chi connectivity index (χ1n) is 10.7. The number of amides is 1. The number of sulfonamides is 1. The summed E-state index contributed by atoms with van der Waals surface area (Å²) in [5.74, 6) is 0.549. The molecule has 1 N–H and O–H groups in total. The number of carbonyl (C=O) groups is 1. The second-order valence-electron chi connectivity index (χ2n) is 7.43. The van der Waals surface area contributed by atoms with Crippen molar-refractivity contribution in [3.63, 3.8) is 0 Å². The number of hydrazone groups is 1. The van der Waals surface area contributed by atoms with Crippen LogP contribution in [0.2, 0.25) is 0 Å². The fourth-order valence-corrected chi connectivity index (χ4v) is 5.03. The molecule has 0 aromatic heterocycles. The summed E-state index contributed by atoms with van der Waals surface area (Å²) < 4.78 is 39.1. The maximum Gasteiger partial charge on any atom is 0.255 e. The average Bonchev–Trinajstić information content (AvgIpc) is 2.87. The van der Waals surface area contributed by atoms with E-state index in [1.165, 1.54) is 32.6 Å². The lowest BCUT2D eigenvalue weighted by molar-refractivity contribution is -0.121. The smallest absolute Gasteiger partial charge is 0.255 e. The zero-order valence-electron chi connectivity index (χ0n) is 19.3. The lowest BCUT2D eigenvalue weighted by Gasteiger charge is -2.21. The molecular formula is C25H26BrN3O5S. The zero-order valence-corrected chi connectivity index (χ0v) is 21.8. The first kappa shape index (κ1) is 26.4. The lowest BCUT2D eigenvalue weighted by Crippen LogP contribution is -2.40. The minimum atomic E-state index is -3.95. The molecule has 0 atom stereocenters. The van der Waals surface area contributed by atoms with E-state index in [1.807, 2.05) is 36.4 Å². The fraction of sp³-hybridized carbons (Fsp3) is 0.200. The number of benzene rings is 3. The predicted molar refractivity (Wildman–Crippen MR) is 138 cm³/mol. The molecule has 0 aliphatic rings. The molecule has 1 amide bonds. The Hall–Kier alpha value is -3.21. The highest BCUT2D eigenvalue weighted by Crippen LogP contribution is 2.22. The number of halogens is 1. The molecule has 35 heavy (non-hydrogen) atoms. The van der Waals surface area contributed by atoms with E-state index >= 15 is 0 Å². The van der Waals surface area contributed by atoms with Crippen molar-refractivity contribution in [3.8, 4) is 11.5 Å². The number of nitrogens with one attached hydrogen (secondary N) is 1. The number of rotatable bonds is 11. The van der Waals surface area contributed by atoms with Gasteiger partial charge >= 0.3 is 0 Å². The van der Waals surface area contributed by atoms with E-state index in [0.717, 1.165) is 14.3 Å². The number of methoxy groups -OCH3 is 2. The van der Waals surface area contributed by atoms with Crippen LogP contribution in [0.25, 0.3) is 0 Å². The Kier molecular flexibility index (Phi) is 9.41. The van der Waals surface area contributed by atoms with Crippen LogP contribution in [0.3, 0.4) is 0 Å². The van der Waals surface area contributed by atoms with Crippen LogP contribution < -0.4 is 14.9 Å². The molecule has 8 nitrogen and oxygen atoms in total. The molecule has 0 radical (unpaired) electrons. The summed E-state index contributed by atoms with van der Waals surface area (Å²) in [6, 6.07) is 20.9. The third-order valence-corrected chi connectivity index (χ3v) is 7.45. The predicted octanol–water partition coefficient (Wildman–Crippen LogP) is 3.85. The third-order valence-electron chi connectivity index (χ3n) is 5.09. The Bertz CT molecular complexity index is 1270. The SMILES string of the molecule is COc1ccc(S(=O)(=O)N(CCc2ccccc2)CC(=O)N/N=C\c2cc(Br)ccc2OC)cc1. The molecule has 184 valence electrons. The van der Waals surface area contributed by atoms with Crippen molar-refractivity contribution in [1.82, 2.24) is 9.73 Å². The lowest BCUT2D eigenvalue weighted by atomic mass is 10.1. The number of hydrogen-bond donors (Lipinski definition) is 1. The molecular weight excluding hydrogens is 534 g/mol. The molecule has 0 spiro atoms. The Balaban J connectivity index is 1.76. The monoisotopic (exact) mass is 559 g/mol. The molecule has 3 aromatic carbocycles. The first-order chi connectivity index (χ1) is 16.8. The van der Waals surface area contributed by atoms with Gasteiger partial charge in [0.25, 0.3) is 5.91 Å². The maximum atomic E-state index is 13.3. The van der Waals surface area contributed by atoms with Crippen LogP contribution in [0.5, 0.6) is 11.5 Å². The minimum Gasteiger partial charge on any atom is -0.497 e. The average molecular weight is 560 g/mol. The summed E-state index contributed by atoms with van der Waals surface area (Å²) in [5.41, 5.74) is 4.01. The molecule has 0 saturated carbocycles. The molecule has 0 aliphatic heterocycles. The van der Waals surface area contributed by atoms with E-state index in [-0.39, 0.29) is 11.4 Å². The van der Waals surface area contributed by atoms with E-state index in [0.29, 0.717) is 23.5 Å². The summed E-state index contributed by atoms with van der Waals surface area (Å²) in [6.45, 7) is -0.275. The van der Waals surface area contributed by atoms with Gasteiger partial charge in [0.2, 0.25) is 10.0 Å². The van der Waals surface area contributed by atoms with Gasteiger partial charge in [-0.3, -0.25) is 4.79 Å². The summed E-state index contributed by atoms with van der Waals surface area (Å²) in [4.78, 5) is 12.7. The van der Waals surface area contributed by atoms with Gasteiger partial charge in [-0.05, 0) is 54.4 Å². The molecule has 0 unspecified atom stereocenters. The normalized spacial score (nSPS) is 11.5. The molecule has 0 bridgehead atoms. The first-order valence-corrected chi connectivity index (χ1v) is 12.9. The highest BCUT2D eigenvalue weighted by Gasteiger charge is 2.26. The van der Waals surface area contributed by atoms with Crippen LogP contribution in [-0.2, 0) is 21.2 Å². The van der Waals surface area contributed by atoms with Gasteiger partial charge in [0.05, 0.1) is 31.9 Å². The quantitative estimate of drug-likeness (QED) is 0.284. The summed E-state index contributed by atoms with van der Waals surface area (Å²) in [7, 11) is -0.906. The summed E-state index contributed by atoms with van der Waals surface area (Å²) in [5, 5.41) is 3.98. The molecule has 10 heteroatoms. The molecule has 0 fully saturated rings. The van der Waals surface area contributed by atoms with E-state index in [1.54, 1.807) is 24.3 Å². The molecule has 3 aromatic rings.